The molecule has 3 aromatic rings. The second-order valence-electron chi connectivity index (χ2n) is 7.38. The van der Waals surface area contributed by atoms with E-state index in [-0.39, 0.29) is 17.2 Å². The van der Waals surface area contributed by atoms with Crippen LogP contribution in [0.2, 0.25) is 0 Å². The lowest BCUT2D eigenvalue weighted by Gasteiger charge is -2.18. The Morgan fingerprint density at radius 3 is 2.93 bits per heavy atom. The summed E-state index contributed by atoms with van der Waals surface area (Å²) >= 11 is 2.79. The van der Waals surface area contributed by atoms with Crippen molar-refractivity contribution in [2.24, 2.45) is 5.92 Å². The first kappa shape index (κ1) is 19.2. The van der Waals surface area contributed by atoms with E-state index in [4.69, 9.17) is 0 Å². The molecule has 0 bridgehead atoms. The topological polar surface area (TPSA) is 55.2 Å². The summed E-state index contributed by atoms with van der Waals surface area (Å²) in [5, 5.41) is 2.53. The molecule has 1 amide bonds. The Kier molecular flexibility index (Phi) is 5.55. The third-order valence-corrected chi connectivity index (χ3v) is 6.83. The SMILES string of the molecule is CC(C)CCn1c(SCC(=O)N2CCc3ccccc32)nc2ccsc2c1=O. The molecular formula is C21H23N3O2S2. The van der Waals surface area contributed by atoms with Crippen LogP contribution in [0.3, 0.4) is 0 Å². The normalized spacial score (nSPS) is 13.5. The number of benzene rings is 1. The van der Waals surface area contributed by atoms with Gasteiger partial charge in [0.1, 0.15) is 4.70 Å². The van der Waals surface area contributed by atoms with Crippen molar-refractivity contribution in [1.82, 2.24) is 9.55 Å². The highest BCUT2D eigenvalue weighted by molar-refractivity contribution is 7.99. The number of amides is 1. The number of thiophene rings is 1. The van der Waals surface area contributed by atoms with Crippen LogP contribution >= 0.6 is 23.1 Å². The average molecular weight is 414 g/mol. The first-order chi connectivity index (χ1) is 13.5. The highest BCUT2D eigenvalue weighted by Gasteiger charge is 2.24. The van der Waals surface area contributed by atoms with Crippen LogP contribution in [0, 0.1) is 5.92 Å². The van der Waals surface area contributed by atoms with Crippen molar-refractivity contribution in [2.75, 3.05) is 17.2 Å². The molecule has 0 fully saturated rings. The van der Waals surface area contributed by atoms with Gasteiger partial charge in [-0.2, -0.15) is 0 Å². The Balaban J connectivity index is 1.56. The number of thioether (sulfide) groups is 1. The fourth-order valence-corrected chi connectivity index (χ4v) is 5.10. The molecule has 0 saturated heterocycles. The number of hydrogen-bond donors (Lipinski definition) is 0. The van der Waals surface area contributed by atoms with E-state index in [2.05, 4.69) is 24.9 Å². The Labute approximate surface area is 172 Å². The average Bonchev–Trinajstić information content (AvgIpc) is 3.32. The molecule has 0 saturated carbocycles. The fraction of sp³-hybridized carbons (Fsp3) is 0.381. The van der Waals surface area contributed by atoms with E-state index in [1.165, 1.54) is 28.7 Å². The molecule has 0 spiro atoms. The van der Waals surface area contributed by atoms with E-state index < -0.39 is 0 Å². The van der Waals surface area contributed by atoms with Gasteiger partial charge >= 0.3 is 0 Å². The number of para-hydroxylation sites is 1. The van der Waals surface area contributed by atoms with Gasteiger partial charge < -0.3 is 4.90 Å². The Morgan fingerprint density at radius 1 is 1.29 bits per heavy atom. The maximum absolute atomic E-state index is 12.9. The van der Waals surface area contributed by atoms with Crippen LogP contribution in [0.15, 0.2) is 45.7 Å². The molecule has 2 aromatic heterocycles. The number of carbonyl (C=O) groups is 1. The largest absolute Gasteiger partial charge is 0.311 e. The molecule has 3 heterocycles. The van der Waals surface area contributed by atoms with Crippen molar-refractivity contribution < 1.29 is 4.79 Å². The molecule has 0 unspecified atom stereocenters. The van der Waals surface area contributed by atoms with E-state index in [0.29, 0.717) is 22.3 Å². The quantitative estimate of drug-likeness (QED) is 0.449. The molecule has 1 aliphatic heterocycles. The van der Waals surface area contributed by atoms with Gasteiger partial charge in [0, 0.05) is 18.8 Å². The molecule has 146 valence electrons. The van der Waals surface area contributed by atoms with Crippen LogP contribution in [0.4, 0.5) is 5.69 Å². The molecule has 1 aliphatic rings. The number of carbonyl (C=O) groups excluding carboxylic acids is 1. The zero-order valence-corrected chi connectivity index (χ0v) is 17.7. The molecule has 0 atom stereocenters. The summed E-state index contributed by atoms with van der Waals surface area (Å²) in [7, 11) is 0. The second kappa shape index (κ2) is 8.09. The van der Waals surface area contributed by atoms with Crippen LogP contribution in [0.25, 0.3) is 10.2 Å². The zero-order valence-electron chi connectivity index (χ0n) is 16.1. The molecular weight excluding hydrogens is 390 g/mol. The van der Waals surface area contributed by atoms with Gasteiger partial charge in [-0.3, -0.25) is 14.2 Å². The Morgan fingerprint density at radius 2 is 2.11 bits per heavy atom. The molecule has 0 N–H and O–H groups in total. The molecule has 28 heavy (non-hydrogen) atoms. The van der Waals surface area contributed by atoms with Gasteiger partial charge in [0.05, 0.1) is 11.3 Å². The van der Waals surface area contributed by atoms with E-state index in [1.807, 2.05) is 34.5 Å². The number of aromatic nitrogens is 2. The summed E-state index contributed by atoms with van der Waals surface area (Å²) in [6, 6.07) is 9.92. The number of nitrogens with zero attached hydrogens (tertiary/aromatic N) is 3. The lowest BCUT2D eigenvalue weighted by molar-refractivity contribution is -0.116. The fourth-order valence-electron chi connectivity index (χ4n) is 3.42. The van der Waals surface area contributed by atoms with Gasteiger partial charge in [0.15, 0.2) is 5.16 Å². The molecule has 5 nitrogen and oxygen atoms in total. The standard InChI is InChI=1S/C21H23N3O2S2/c1-14(2)7-10-24-20(26)19-16(9-12-27-19)22-21(24)28-13-18(25)23-11-8-15-5-3-4-6-17(15)23/h3-6,9,12,14H,7-8,10-11,13H2,1-2H3. The van der Waals surface area contributed by atoms with Crippen molar-refractivity contribution >= 4 is 44.9 Å². The van der Waals surface area contributed by atoms with E-state index in [9.17, 15) is 9.59 Å². The number of hydrogen-bond acceptors (Lipinski definition) is 5. The maximum Gasteiger partial charge on any atom is 0.272 e. The monoisotopic (exact) mass is 413 g/mol. The van der Waals surface area contributed by atoms with Crippen LogP contribution in [-0.4, -0.2) is 27.8 Å². The van der Waals surface area contributed by atoms with Crippen molar-refractivity contribution in [2.45, 2.75) is 38.4 Å². The first-order valence-corrected chi connectivity index (χ1v) is 11.4. The third kappa shape index (κ3) is 3.73. The minimum absolute atomic E-state index is 0.00196. The van der Waals surface area contributed by atoms with Gasteiger partial charge in [-0.25, -0.2) is 4.98 Å². The summed E-state index contributed by atoms with van der Waals surface area (Å²) in [4.78, 5) is 32.3. The minimum atomic E-state index is 0.00196. The Hall–Kier alpha value is -2.12. The first-order valence-electron chi connectivity index (χ1n) is 9.53. The number of rotatable bonds is 6. The predicted molar refractivity (Wildman–Crippen MR) is 117 cm³/mol. The van der Waals surface area contributed by atoms with E-state index >= 15 is 0 Å². The summed E-state index contributed by atoms with van der Waals surface area (Å²) < 4.78 is 2.43. The molecule has 4 rings (SSSR count). The summed E-state index contributed by atoms with van der Waals surface area (Å²) in [6.07, 6.45) is 1.80. The summed E-state index contributed by atoms with van der Waals surface area (Å²) in [5.41, 5.74) is 2.94. The predicted octanol–water partition coefficient (Wildman–Crippen LogP) is 4.19. The lowest BCUT2D eigenvalue weighted by atomic mass is 10.1. The van der Waals surface area contributed by atoms with Crippen LogP contribution < -0.4 is 10.5 Å². The van der Waals surface area contributed by atoms with Crippen molar-refractivity contribution in [1.29, 1.82) is 0 Å². The lowest BCUT2D eigenvalue weighted by Crippen LogP contribution is -2.31. The van der Waals surface area contributed by atoms with E-state index in [0.717, 1.165) is 30.6 Å². The Bertz CT molecular complexity index is 1070. The summed E-state index contributed by atoms with van der Waals surface area (Å²) in [5.74, 6) is 0.828. The van der Waals surface area contributed by atoms with Gasteiger partial charge in [-0.15, -0.1) is 11.3 Å². The van der Waals surface area contributed by atoms with Crippen LogP contribution in [-0.2, 0) is 17.8 Å². The second-order valence-corrected chi connectivity index (χ2v) is 9.24. The highest BCUT2D eigenvalue weighted by Crippen LogP contribution is 2.29. The maximum atomic E-state index is 12.9. The molecule has 0 aliphatic carbocycles. The third-order valence-electron chi connectivity index (χ3n) is 4.97. The van der Waals surface area contributed by atoms with E-state index in [1.54, 1.807) is 4.57 Å². The number of fused-ring (bicyclic) bond motifs is 2. The van der Waals surface area contributed by atoms with Crippen LogP contribution in [0.1, 0.15) is 25.8 Å². The smallest absolute Gasteiger partial charge is 0.272 e. The van der Waals surface area contributed by atoms with Crippen LogP contribution in [0.5, 0.6) is 0 Å². The zero-order chi connectivity index (χ0) is 19.7. The van der Waals surface area contributed by atoms with Crippen molar-refractivity contribution in [3.63, 3.8) is 0 Å². The molecule has 7 heteroatoms. The number of anilines is 1. The molecule has 1 aromatic carbocycles. The van der Waals surface area contributed by atoms with Crippen molar-refractivity contribution in [3.05, 3.63) is 51.6 Å². The van der Waals surface area contributed by atoms with Gasteiger partial charge in [-0.05, 0) is 41.8 Å². The highest BCUT2D eigenvalue weighted by atomic mass is 32.2. The summed E-state index contributed by atoms with van der Waals surface area (Å²) in [6.45, 7) is 5.63. The molecule has 0 radical (unpaired) electrons. The van der Waals surface area contributed by atoms with Gasteiger partial charge in [-0.1, -0.05) is 43.8 Å². The van der Waals surface area contributed by atoms with Crippen molar-refractivity contribution in [3.8, 4) is 0 Å². The minimum Gasteiger partial charge on any atom is -0.311 e. The van der Waals surface area contributed by atoms with Gasteiger partial charge in [0.25, 0.3) is 5.56 Å². The van der Waals surface area contributed by atoms with Gasteiger partial charge in [0.2, 0.25) is 5.91 Å².